The number of rotatable bonds is 12. The highest BCUT2D eigenvalue weighted by atomic mass is 35.5. The normalized spacial score (nSPS) is 11.1. The molecule has 36 heavy (non-hydrogen) atoms. The molecule has 0 fully saturated rings. The molecule has 192 valence electrons. The van der Waals surface area contributed by atoms with E-state index >= 15 is 0 Å². The number of amides is 1. The topological polar surface area (TPSA) is 84.9 Å². The van der Waals surface area contributed by atoms with Crippen molar-refractivity contribution in [3.8, 4) is 11.5 Å². The number of ether oxygens (including phenoxy) is 2. The van der Waals surface area contributed by atoms with E-state index in [1.54, 1.807) is 48.2 Å². The molecule has 0 saturated heterocycles. The molecule has 0 aromatic heterocycles. The fourth-order valence-corrected chi connectivity index (χ4v) is 5.85. The number of benzene rings is 3. The van der Waals surface area contributed by atoms with Crippen LogP contribution in [0.3, 0.4) is 0 Å². The van der Waals surface area contributed by atoms with Crippen molar-refractivity contribution in [2.24, 2.45) is 0 Å². The maximum Gasteiger partial charge on any atom is 0.264 e. The molecule has 0 aliphatic rings. The van der Waals surface area contributed by atoms with E-state index in [1.165, 1.54) is 32.4 Å². The van der Waals surface area contributed by atoms with Crippen molar-refractivity contribution in [3.05, 3.63) is 82.3 Å². The largest absolute Gasteiger partial charge is 0.493 e. The van der Waals surface area contributed by atoms with Crippen LogP contribution in [0.4, 0.5) is 5.69 Å². The van der Waals surface area contributed by atoms with Crippen LogP contribution in [0.5, 0.6) is 11.5 Å². The first-order valence-corrected chi connectivity index (χ1v) is 14.2. The van der Waals surface area contributed by atoms with Gasteiger partial charge in [-0.1, -0.05) is 47.5 Å². The van der Waals surface area contributed by atoms with Crippen LogP contribution in [0.25, 0.3) is 0 Å². The molecule has 0 bridgehead atoms. The number of nitrogens with zero attached hydrogens (tertiary/aromatic N) is 1. The van der Waals surface area contributed by atoms with Crippen molar-refractivity contribution in [1.82, 2.24) is 5.32 Å². The number of thioether (sulfide) groups is 1. The van der Waals surface area contributed by atoms with Crippen molar-refractivity contribution in [2.45, 2.75) is 10.6 Å². The summed E-state index contributed by atoms with van der Waals surface area (Å²) < 4.78 is 38.6. The number of anilines is 1. The van der Waals surface area contributed by atoms with Gasteiger partial charge < -0.3 is 14.8 Å². The van der Waals surface area contributed by atoms with Gasteiger partial charge in [-0.05, 0) is 42.0 Å². The highest BCUT2D eigenvalue weighted by Gasteiger charge is 2.28. The van der Waals surface area contributed by atoms with Crippen LogP contribution in [0, 0.1) is 0 Å². The molecule has 0 aliphatic heterocycles. The lowest BCUT2D eigenvalue weighted by molar-refractivity contribution is -0.119. The molecular weight excluding hydrogens is 543 g/mol. The molecule has 0 aliphatic carbocycles. The van der Waals surface area contributed by atoms with Crippen LogP contribution >= 0.6 is 35.0 Å². The third-order valence-electron chi connectivity index (χ3n) is 5.10. The van der Waals surface area contributed by atoms with Gasteiger partial charge in [-0.15, -0.1) is 0 Å². The van der Waals surface area contributed by atoms with E-state index in [1.807, 2.05) is 12.1 Å². The zero-order valence-corrected chi connectivity index (χ0v) is 22.9. The molecule has 3 aromatic rings. The second kappa shape index (κ2) is 13.1. The van der Waals surface area contributed by atoms with Crippen LogP contribution in [0.15, 0.2) is 71.6 Å². The van der Waals surface area contributed by atoms with Crippen LogP contribution in [-0.2, 0) is 20.6 Å². The number of carbonyl (C=O) groups is 1. The Labute approximate surface area is 225 Å². The molecule has 0 saturated carbocycles. The van der Waals surface area contributed by atoms with Gasteiger partial charge in [-0.3, -0.25) is 9.10 Å². The van der Waals surface area contributed by atoms with Gasteiger partial charge in [-0.2, -0.15) is 11.8 Å². The van der Waals surface area contributed by atoms with Crippen molar-refractivity contribution in [2.75, 3.05) is 37.4 Å². The number of nitrogens with one attached hydrogen (secondary N) is 1. The van der Waals surface area contributed by atoms with Crippen molar-refractivity contribution >= 4 is 56.6 Å². The second-order valence-electron chi connectivity index (χ2n) is 7.52. The summed E-state index contributed by atoms with van der Waals surface area (Å²) in [6, 6.07) is 18.2. The Balaban J connectivity index is 1.66. The maximum atomic E-state index is 13.5. The van der Waals surface area contributed by atoms with Crippen LogP contribution in [0.1, 0.15) is 5.56 Å². The van der Waals surface area contributed by atoms with E-state index in [0.29, 0.717) is 39.5 Å². The van der Waals surface area contributed by atoms with Gasteiger partial charge in [0.2, 0.25) is 5.91 Å². The maximum absolute atomic E-state index is 13.5. The minimum atomic E-state index is -4.08. The number of hydrogen-bond donors (Lipinski definition) is 1. The first-order valence-electron chi connectivity index (χ1n) is 10.8. The predicted molar refractivity (Wildman–Crippen MR) is 146 cm³/mol. The van der Waals surface area contributed by atoms with E-state index in [2.05, 4.69) is 5.32 Å². The molecule has 1 N–H and O–H groups in total. The van der Waals surface area contributed by atoms with Gasteiger partial charge in [0.25, 0.3) is 10.0 Å². The Morgan fingerprint density at radius 1 is 0.944 bits per heavy atom. The summed E-state index contributed by atoms with van der Waals surface area (Å²) >= 11 is 13.6. The van der Waals surface area contributed by atoms with Gasteiger partial charge in [0.15, 0.2) is 11.5 Å². The highest BCUT2D eigenvalue weighted by Crippen LogP contribution is 2.32. The Morgan fingerprint density at radius 3 is 2.33 bits per heavy atom. The van der Waals surface area contributed by atoms with E-state index in [9.17, 15) is 13.2 Å². The lowest BCUT2D eigenvalue weighted by atomic mass is 10.2. The van der Waals surface area contributed by atoms with Gasteiger partial charge in [-0.25, -0.2) is 8.42 Å². The number of sulfonamides is 1. The van der Waals surface area contributed by atoms with Gasteiger partial charge in [0.05, 0.1) is 34.8 Å². The van der Waals surface area contributed by atoms with Crippen LogP contribution in [0.2, 0.25) is 10.0 Å². The standard InChI is InChI=1S/C25H26Cl2N2O5S2/c1-33-23-11-9-20(15-24(23)34-2)36(31,32)29(19-6-4-3-5-7-19)16-25(30)28-12-13-35-17-18-8-10-21(26)22(27)14-18/h3-11,14-15H,12-13,16-17H2,1-2H3,(H,28,30). The summed E-state index contributed by atoms with van der Waals surface area (Å²) in [5.41, 5.74) is 1.40. The Kier molecular flexibility index (Phi) is 10.2. The van der Waals surface area contributed by atoms with Crippen molar-refractivity contribution in [1.29, 1.82) is 0 Å². The molecule has 1 amide bonds. The SMILES string of the molecule is COc1ccc(S(=O)(=O)N(CC(=O)NCCSCc2ccc(Cl)c(Cl)c2)c2ccccc2)cc1OC. The summed E-state index contributed by atoms with van der Waals surface area (Å²) in [7, 11) is -1.18. The zero-order valence-electron chi connectivity index (χ0n) is 19.7. The highest BCUT2D eigenvalue weighted by molar-refractivity contribution is 7.98. The molecule has 0 atom stereocenters. The van der Waals surface area contributed by atoms with E-state index in [-0.39, 0.29) is 17.2 Å². The summed E-state index contributed by atoms with van der Waals surface area (Å²) in [6.07, 6.45) is 0. The van der Waals surface area contributed by atoms with Crippen molar-refractivity contribution < 1.29 is 22.7 Å². The fourth-order valence-electron chi connectivity index (χ4n) is 3.28. The summed E-state index contributed by atoms with van der Waals surface area (Å²) in [5.74, 6) is 1.60. The molecule has 0 radical (unpaired) electrons. The lowest BCUT2D eigenvalue weighted by Crippen LogP contribution is -2.41. The number of carbonyl (C=O) groups excluding carboxylic acids is 1. The molecule has 0 spiro atoms. The third-order valence-corrected chi connectivity index (χ3v) is 8.63. The smallest absolute Gasteiger partial charge is 0.264 e. The van der Waals surface area contributed by atoms with E-state index in [4.69, 9.17) is 32.7 Å². The molecule has 11 heteroatoms. The van der Waals surface area contributed by atoms with E-state index in [0.717, 1.165) is 9.87 Å². The first-order chi connectivity index (χ1) is 17.3. The molecular formula is C25H26Cl2N2O5S2. The summed E-state index contributed by atoms with van der Waals surface area (Å²) in [4.78, 5) is 12.7. The molecule has 3 aromatic carbocycles. The number of methoxy groups -OCH3 is 2. The second-order valence-corrected chi connectivity index (χ2v) is 11.3. The number of para-hydroxylation sites is 1. The monoisotopic (exact) mass is 568 g/mol. The molecule has 3 rings (SSSR count). The Morgan fingerprint density at radius 2 is 1.67 bits per heavy atom. The lowest BCUT2D eigenvalue weighted by Gasteiger charge is -2.24. The summed E-state index contributed by atoms with van der Waals surface area (Å²) in [5, 5.41) is 3.80. The van der Waals surface area contributed by atoms with Crippen molar-refractivity contribution in [3.63, 3.8) is 0 Å². The van der Waals surface area contributed by atoms with Crippen LogP contribution in [-0.4, -0.2) is 47.4 Å². The molecule has 7 nitrogen and oxygen atoms in total. The van der Waals surface area contributed by atoms with Gasteiger partial charge >= 0.3 is 0 Å². The van der Waals surface area contributed by atoms with Crippen LogP contribution < -0.4 is 19.1 Å². The third kappa shape index (κ3) is 7.22. The van der Waals surface area contributed by atoms with Gasteiger partial charge in [0.1, 0.15) is 6.54 Å². The first kappa shape index (κ1) is 28.0. The molecule has 0 heterocycles. The number of hydrogen-bond acceptors (Lipinski definition) is 6. The Bertz CT molecular complexity index is 1290. The summed E-state index contributed by atoms with van der Waals surface area (Å²) in [6.45, 7) is 0.00199. The predicted octanol–water partition coefficient (Wildman–Crippen LogP) is 5.26. The minimum Gasteiger partial charge on any atom is -0.493 e. The van der Waals surface area contributed by atoms with E-state index < -0.39 is 15.9 Å². The minimum absolute atomic E-state index is 0.0195. The average Bonchev–Trinajstić information content (AvgIpc) is 2.89. The average molecular weight is 570 g/mol. The molecule has 0 unspecified atom stereocenters. The zero-order chi connectivity index (χ0) is 26.1. The quantitative estimate of drug-likeness (QED) is 0.300. The van der Waals surface area contributed by atoms with Gasteiger partial charge in [0, 0.05) is 24.1 Å². The Hall–Kier alpha value is -2.59. The number of halogens is 2. The fraction of sp³-hybridized carbons (Fsp3) is 0.240.